The molecular weight excluding hydrogens is 328 g/mol. The molecule has 0 bridgehead atoms. The minimum Gasteiger partial charge on any atom is -0.347 e. The van der Waals surface area contributed by atoms with Crippen molar-refractivity contribution >= 4 is 23.0 Å². The van der Waals surface area contributed by atoms with Crippen LogP contribution in [0.1, 0.15) is 19.4 Å². The van der Waals surface area contributed by atoms with Gasteiger partial charge in [0.1, 0.15) is 0 Å². The number of fused-ring (bicyclic) bond motifs is 1. The van der Waals surface area contributed by atoms with E-state index in [1.54, 1.807) is 12.1 Å². The van der Waals surface area contributed by atoms with Gasteiger partial charge in [0, 0.05) is 54.7 Å². The van der Waals surface area contributed by atoms with Crippen molar-refractivity contribution in [3.05, 3.63) is 54.5 Å². The molecule has 0 saturated heterocycles. The molecule has 3 rings (SSSR count). The summed E-state index contributed by atoms with van der Waals surface area (Å²) in [5.41, 5.74) is 5.08. The van der Waals surface area contributed by atoms with Crippen LogP contribution in [-0.2, 0) is 13.1 Å². The molecule has 1 aromatic carbocycles. The highest BCUT2D eigenvalue weighted by atomic mass is 32.2. The molecule has 0 aliphatic heterocycles. The summed E-state index contributed by atoms with van der Waals surface area (Å²) in [7, 11) is 4.08. The van der Waals surface area contributed by atoms with E-state index >= 15 is 0 Å². The molecule has 3 aromatic rings. The molecule has 5 heteroatoms. The standard InChI is InChI=1S/C20H26N4S/c1-15(2)13-24-14-18(12-22-25-23(3)4)19-6-5-17(11-20(19)24)16-7-9-21-10-8-16/h5-11,14-15,22H,12-13H2,1-4H3. The Balaban J connectivity index is 1.98. The monoisotopic (exact) mass is 354 g/mol. The number of rotatable bonds is 7. The number of nitrogens with zero attached hydrogens (tertiary/aromatic N) is 3. The lowest BCUT2D eigenvalue weighted by molar-refractivity contribution is 0.534. The Labute approximate surface area is 154 Å². The van der Waals surface area contributed by atoms with Crippen LogP contribution in [-0.4, -0.2) is 28.0 Å². The largest absolute Gasteiger partial charge is 0.347 e. The maximum absolute atomic E-state index is 4.12. The molecule has 0 aliphatic carbocycles. The van der Waals surface area contributed by atoms with E-state index in [-0.39, 0.29) is 0 Å². The average molecular weight is 355 g/mol. The molecule has 4 nitrogen and oxygen atoms in total. The highest BCUT2D eigenvalue weighted by Gasteiger charge is 2.11. The van der Waals surface area contributed by atoms with E-state index in [1.165, 1.54) is 27.6 Å². The smallest absolute Gasteiger partial charge is 0.0489 e. The topological polar surface area (TPSA) is 33.1 Å². The first kappa shape index (κ1) is 18.0. The maximum atomic E-state index is 4.12. The molecule has 2 heterocycles. The number of nitrogens with one attached hydrogen (secondary N) is 1. The van der Waals surface area contributed by atoms with Crippen molar-refractivity contribution in [1.82, 2.24) is 18.6 Å². The fourth-order valence-electron chi connectivity index (χ4n) is 3.02. The first-order valence-corrected chi connectivity index (χ1v) is 9.41. The minimum atomic E-state index is 0.608. The highest BCUT2D eigenvalue weighted by Crippen LogP contribution is 2.28. The summed E-state index contributed by atoms with van der Waals surface area (Å²) in [6.07, 6.45) is 5.99. The summed E-state index contributed by atoms with van der Waals surface area (Å²) in [5.74, 6) is 0.608. The normalized spacial score (nSPS) is 11.8. The lowest BCUT2D eigenvalue weighted by Gasteiger charge is -2.09. The quantitative estimate of drug-likeness (QED) is 0.630. The first-order chi connectivity index (χ1) is 12.0. The molecule has 0 saturated carbocycles. The Morgan fingerprint density at radius 1 is 1.12 bits per heavy atom. The lowest BCUT2D eigenvalue weighted by Crippen LogP contribution is -2.12. The summed E-state index contributed by atoms with van der Waals surface area (Å²) >= 11 is 1.62. The molecule has 0 amide bonds. The Hall–Kier alpha value is -1.82. The van der Waals surface area contributed by atoms with Crippen molar-refractivity contribution in [2.24, 2.45) is 5.92 Å². The zero-order valence-corrected chi connectivity index (χ0v) is 16.2. The van der Waals surface area contributed by atoms with E-state index in [1.807, 2.05) is 26.5 Å². The van der Waals surface area contributed by atoms with Crippen LogP contribution in [0, 0.1) is 5.92 Å². The third-order valence-electron chi connectivity index (χ3n) is 4.05. The number of benzene rings is 1. The molecule has 0 aliphatic rings. The SMILES string of the molecule is CC(C)Cn1cc(CNSN(C)C)c2ccc(-c3ccncc3)cc21. The van der Waals surface area contributed by atoms with Crippen molar-refractivity contribution in [3.63, 3.8) is 0 Å². The zero-order chi connectivity index (χ0) is 17.8. The van der Waals surface area contributed by atoms with Crippen LogP contribution >= 0.6 is 12.1 Å². The third kappa shape index (κ3) is 4.42. The second-order valence-electron chi connectivity index (χ2n) is 6.89. The van der Waals surface area contributed by atoms with Gasteiger partial charge in [0.25, 0.3) is 0 Å². The first-order valence-electron chi connectivity index (χ1n) is 8.64. The molecule has 0 radical (unpaired) electrons. The van der Waals surface area contributed by atoms with Gasteiger partial charge in [0.05, 0.1) is 0 Å². The molecule has 132 valence electrons. The van der Waals surface area contributed by atoms with Crippen LogP contribution in [0.3, 0.4) is 0 Å². The molecule has 0 fully saturated rings. The van der Waals surface area contributed by atoms with Crippen LogP contribution in [0.15, 0.2) is 48.9 Å². The van der Waals surface area contributed by atoms with Crippen molar-refractivity contribution in [3.8, 4) is 11.1 Å². The predicted molar refractivity (Wildman–Crippen MR) is 108 cm³/mol. The van der Waals surface area contributed by atoms with Crippen LogP contribution in [0.4, 0.5) is 0 Å². The molecular formula is C20H26N4S. The highest BCUT2D eigenvalue weighted by molar-refractivity contribution is 7.95. The summed E-state index contributed by atoms with van der Waals surface area (Å²) in [4.78, 5) is 4.12. The summed E-state index contributed by atoms with van der Waals surface area (Å²) in [6, 6.07) is 10.9. The fourth-order valence-corrected chi connectivity index (χ4v) is 3.49. The number of hydrogen-bond acceptors (Lipinski definition) is 4. The fraction of sp³-hybridized carbons (Fsp3) is 0.350. The van der Waals surface area contributed by atoms with Gasteiger partial charge >= 0.3 is 0 Å². The molecule has 0 spiro atoms. The number of pyridine rings is 1. The Bertz CT molecular complexity index is 824. The van der Waals surface area contributed by atoms with Crippen molar-refractivity contribution in [1.29, 1.82) is 0 Å². The van der Waals surface area contributed by atoms with E-state index in [2.05, 4.69) is 69.0 Å². The molecule has 0 unspecified atom stereocenters. The van der Waals surface area contributed by atoms with E-state index in [0.717, 1.165) is 13.1 Å². The van der Waals surface area contributed by atoms with Gasteiger partial charge in [0.15, 0.2) is 0 Å². The van der Waals surface area contributed by atoms with Crippen molar-refractivity contribution in [2.45, 2.75) is 26.9 Å². The van der Waals surface area contributed by atoms with Gasteiger partial charge in [-0.1, -0.05) is 26.0 Å². The molecule has 1 N–H and O–H groups in total. The maximum Gasteiger partial charge on any atom is 0.0489 e. The van der Waals surface area contributed by atoms with Gasteiger partial charge < -0.3 is 4.57 Å². The van der Waals surface area contributed by atoms with Crippen molar-refractivity contribution in [2.75, 3.05) is 14.1 Å². The summed E-state index contributed by atoms with van der Waals surface area (Å²) in [5, 5.41) is 1.32. The zero-order valence-electron chi connectivity index (χ0n) is 15.4. The number of aromatic nitrogens is 2. The third-order valence-corrected chi connectivity index (χ3v) is 4.69. The Morgan fingerprint density at radius 3 is 2.56 bits per heavy atom. The van der Waals surface area contributed by atoms with Crippen LogP contribution in [0.25, 0.3) is 22.0 Å². The minimum absolute atomic E-state index is 0.608. The Kier molecular flexibility index (Phi) is 5.78. The van der Waals surface area contributed by atoms with Gasteiger partial charge in [-0.05, 0) is 54.9 Å². The van der Waals surface area contributed by atoms with Crippen LogP contribution < -0.4 is 4.72 Å². The number of hydrogen-bond donors (Lipinski definition) is 1. The predicted octanol–water partition coefficient (Wildman–Crippen LogP) is 4.57. The Morgan fingerprint density at radius 2 is 1.88 bits per heavy atom. The van der Waals surface area contributed by atoms with Gasteiger partial charge in [-0.2, -0.15) is 0 Å². The van der Waals surface area contributed by atoms with Gasteiger partial charge in [-0.25, -0.2) is 9.03 Å². The molecule has 0 atom stereocenters. The van der Waals surface area contributed by atoms with Gasteiger partial charge in [-0.15, -0.1) is 0 Å². The lowest BCUT2D eigenvalue weighted by atomic mass is 10.0. The summed E-state index contributed by atoms with van der Waals surface area (Å²) in [6.45, 7) is 6.40. The second-order valence-corrected chi connectivity index (χ2v) is 8.09. The van der Waals surface area contributed by atoms with E-state index in [4.69, 9.17) is 0 Å². The van der Waals surface area contributed by atoms with E-state index < -0.39 is 0 Å². The summed E-state index contributed by atoms with van der Waals surface area (Å²) < 4.78 is 7.88. The van der Waals surface area contributed by atoms with Gasteiger partial charge in [0.2, 0.25) is 0 Å². The van der Waals surface area contributed by atoms with Crippen LogP contribution in [0.2, 0.25) is 0 Å². The second kappa shape index (κ2) is 8.04. The van der Waals surface area contributed by atoms with Gasteiger partial charge in [-0.3, -0.25) is 4.98 Å². The molecule has 2 aromatic heterocycles. The average Bonchev–Trinajstić information content (AvgIpc) is 2.92. The van der Waals surface area contributed by atoms with Crippen LogP contribution in [0.5, 0.6) is 0 Å². The van der Waals surface area contributed by atoms with E-state index in [9.17, 15) is 0 Å². The molecule has 25 heavy (non-hydrogen) atoms. The van der Waals surface area contributed by atoms with E-state index in [0.29, 0.717) is 5.92 Å². The van der Waals surface area contributed by atoms with Crippen molar-refractivity contribution < 1.29 is 0 Å².